The van der Waals surface area contributed by atoms with Crippen LogP contribution in [0.2, 0.25) is 0 Å². The molecule has 2 atom stereocenters. The van der Waals surface area contributed by atoms with Crippen molar-refractivity contribution in [3.05, 3.63) is 35.4 Å². The molecule has 2 unspecified atom stereocenters. The lowest BCUT2D eigenvalue weighted by molar-refractivity contribution is -0.137. The zero-order valence-electron chi connectivity index (χ0n) is 13.1. The van der Waals surface area contributed by atoms with Gasteiger partial charge in [0.25, 0.3) is 5.91 Å². The number of hydrogen-bond donors (Lipinski definition) is 2. The number of carbonyl (C=O) groups excluding carboxylic acids is 2. The van der Waals surface area contributed by atoms with Crippen molar-refractivity contribution < 1.29 is 27.9 Å². The van der Waals surface area contributed by atoms with Crippen molar-refractivity contribution in [1.29, 1.82) is 0 Å². The van der Waals surface area contributed by atoms with Crippen LogP contribution in [0.3, 0.4) is 0 Å². The Labute approximate surface area is 137 Å². The van der Waals surface area contributed by atoms with Gasteiger partial charge in [0.05, 0.1) is 18.2 Å². The number of halogens is 3. The van der Waals surface area contributed by atoms with Crippen LogP contribution in [0, 0.1) is 5.92 Å². The van der Waals surface area contributed by atoms with E-state index in [4.69, 9.17) is 0 Å². The van der Waals surface area contributed by atoms with Gasteiger partial charge >= 0.3 is 6.18 Å². The molecule has 1 aliphatic rings. The fourth-order valence-electron chi connectivity index (χ4n) is 2.46. The number of nitrogens with zero attached hydrogens (tertiary/aromatic N) is 1. The van der Waals surface area contributed by atoms with E-state index in [1.807, 2.05) is 6.92 Å². The summed E-state index contributed by atoms with van der Waals surface area (Å²) < 4.78 is 37.4. The van der Waals surface area contributed by atoms with Crippen molar-refractivity contribution in [3.8, 4) is 0 Å². The summed E-state index contributed by atoms with van der Waals surface area (Å²) in [5.74, 6) is -0.833. The number of β-amino-alcohol motifs (C(OH)–C–C–N with tert-alkyl or cyclic N) is 1. The number of hydrogen-bond acceptors (Lipinski definition) is 3. The van der Waals surface area contributed by atoms with Crippen LogP contribution in [0.5, 0.6) is 0 Å². The van der Waals surface area contributed by atoms with Gasteiger partial charge in [-0.05, 0) is 36.6 Å². The molecule has 1 fully saturated rings. The van der Waals surface area contributed by atoms with Crippen molar-refractivity contribution in [2.45, 2.75) is 25.6 Å². The second-order valence-corrected chi connectivity index (χ2v) is 5.93. The highest BCUT2D eigenvalue weighted by atomic mass is 19.4. The smallest absolute Gasteiger partial charge is 0.391 e. The fourth-order valence-corrected chi connectivity index (χ4v) is 2.46. The Balaban J connectivity index is 1.87. The molecular weight excluding hydrogens is 325 g/mol. The number of alkyl halides is 3. The zero-order chi connectivity index (χ0) is 17.9. The summed E-state index contributed by atoms with van der Waals surface area (Å²) >= 11 is 0. The maximum Gasteiger partial charge on any atom is 0.416 e. The highest BCUT2D eigenvalue weighted by Crippen LogP contribution is 2.29. The third kappa shape index (κ3) is 4.47. The SMILES string of the molecule is CC1CCN(C(=O)CNC(=O)c2ccc(C(F)(F)F)cc2)CC1O. The number of aliphatic hydroxyl groups is 1. The Hall–Kier alpha value is -2.09. The van der Waals surface area contributed by atoms with Crippen molar-refractivity contribution in [3.63, 3.8) is 0 Å². The summed E-state index contributed by atoms with van der Waals surface area (Å²) in [6.07, 6.45) is -4.37. The highest BCUT2D eigenvalue weighted by Gasteiger charge is 2.30. The lowest BCUT2D eigenvalue weighted by Crippen LogP contribution is -2.49. The van der Waals surface area contributed by atoms with E-state index in [2.05, 4.69) is 5.32 Å². The number of benzene rings is 1. The average molecular weight is 344 g/mol. The molecule has 1 aromatic rings. The lowest BCUT2D eigenvalue weighted by Gasteiger charge is -2.34. The third-order valence-electron chi connectivity index (χ3n) is 4.15. The van der Waals surface area contributed by atoms with Crippen LogP contribution in [0.25, 0.3) is 0 Å². The topological polar surface area (TPSA) is 69.6 Å². The predicted molar refractivity (Wildman–Crippen MR) is 80.1 cm³/mol. The van der Waals surface area contributed by atoms with Crippen LogP contribution in [-0.2, 0) is 11.0 Å². The van der Waals surface area contributed by atoms with Gasteiger partial charge < -0.3 is 15.3 Å². The molecule has 2 rings (SSSR count). The first kappa shape index (κ1) is 18.3. The molecule has 1 saturated heterocycles. The van der Waals surface area contributed by atoms with E-state index in [1.165, 1.54) is 4.90 Å². The molecule has 8 heteroatoms. The van der Waals surface area contributed by atoms with E-state index in [-0.39, 0.29) is 30.5 Å². The number of amides is 2. The zero-order valence-corrected chi connectivity index (χ0v) is 13.1. The highest BCUT2D eigenvalue weighted by molar-refractivity contribution is 5.96. The molecule has 2 amide bonds. The van der Waals surface area contributed by atoms with E-state index in [9.17, 15) is 27.9 Å². The maximum absolute atomic E-state index is 12.5. The summed E-state index contributed by atoms with van der Waals surface area (Å²) in [6.45, 7) is 2.36. The Morgan fingerprint density at radius 1 is 1.29 bits per heavy atom. The monoisotopic (exact) mass is 344 g/mol. The number of carbonyl (C=O) groups is 2. The molecule has 2 N–H and O–H groups in total. The Morgan fingerprint density at radius 3 is 2.46 bits per heavy atom. The van der Waals surface area contributed by atoms with Crippen LogP contribution in [0.15, 0.2) is 24.3 Å². The standard InChI is InChI=1S/C16H19F3N2O3/c1-10-6-7-21(9-13(10)22)14(23)8-20-15(24)11-2-4-12(5-3-11)16(17,18)19/h2-5,10,13,22H,6-9H2,1H3,(H,20,24). The van der Waals surface area contributed by atoms with Gasteiger partial charge in [-0.1, -0.05) is 6.92 Å². The summed E-state index contributed by atoms with van der Waals surface area (Å²) in [7, 11) is 0. The van der Waals surface area contributed by atoms with E-state index in [0.29, 0.717) is 13.0 Å². The van der Waals surface area contributed by atoms with Crippen LogP contribution in [-0.4, -0.2) is 47.6 Å². The molecule has 1 aromatic carbocycles. The molecule has 0 aromatic heterocycles. The number of rotatable bonds is 3. The number of aliphatic hydroxyl groups excluding tert-OH is 1. The van der Waals surface area contributed by atoms with Gasteiger partial charge in [0.15, 0.2) is 0 Å². The fraction of sp³-hybridized carbons (Fsp3) is 0.500. The van der Waals surface area contributed by atoms with Crippen LogP contribution in [0.1, 0.15) is 29.3 Å². The molecule has 24 heavy (non-hydrogen) atoms. The Morgan fingerprint density at radius 2 is 1.92 bits per heavy atom. The largest absolute Gasteiger partial charge is 0.416 e. The van der Waals surface area contributed by atoms with E-state index < -0.39 is 23.8 Å². The van der Waals surface area contributed by atoms with E-state index in [1.54, 1.807) is 0 Å². The molecule has 0 aliphatic carbocycles. The minimum absolute atomic E-state index is 0.0445. The molecule has 0 radical (unpaired) electrons. The van der Waals surface area contributed by atoms with E-state index in [0.717, 1.165) is 24.3 Å². The van der Waals surface area contributed by atoms with E-state index >= 15 is 0 Å². The van der Waals surface area contributed by atoms with Gasteiger partial charge in [-0.25, -0.2) is 0 Å². The summed E-state index contributed by atoms with van der Waals surface area (Å²) in [5, 5.41) is 12.2. The van der Waals surface area contributed by atoms with Crippen molar-refractivity contribution in [2.75, 3.05) is 19.6 Å². The van der Waals surface area contributed by atoms with Gasteiger partial charge in [-0.2, -0.15) is 13.2 Å². The van der Waals surface area contributed by atoms with Crippen LogP contribution in [0.4, 0.5) is 13.2 Å². The normalized spacial score (nSPS) is 21.5. The Bertz CT molecular complexity index is 602. The number of likely N-dealkylation sites (tertiary alicyclic amines) is 1. The molecule has 1 aliphatic heterocycles. The summed E-state index contributed by atoms with van der Waals surface area (Å²) in [4.78, 5) is 25.4. The summed E-state index contributed by atoms with van der Waals surface area (Å²) in [5.41, 5.74) is -0.797. The van der Waals surface area contributed by atoms with Crippen LogP contribution < -0.4 is 5.32 Å². The van der Waals surface area contributed by atoms with Gasteiger partial charge in [-0.3, -0.25) is 9.59 Å². The molecule has 0 spiro atoms. The quantitative estimate of drug-likeness (QED) is 0.876. The van der Waals surface area contributed by atoms with Crippen molar-refractivity contribution in [1.82, 2.24) is 10.2 Å². The Kier molecular flexibility index (Phi) is 5.48. The first-order chi connectivity index (χ1) is 11.2. The maximum atomic E-state index is 12.5. The molecule has 5 nitrogen and oxygen atoms in total. The van der Waals surface area contributed by atoms with Gasteiger partial charge in [0.1, 0.15) is 0 Å². The van der Waals surface area contributed by atoms with Gasteiger partial charge in [-0.15, -0.1) is 0 Å². The number of nitrogens with one attached hydrogen (secondary N) is 1. The third-order valence-corrected chi connectivity index (χ3v) is 4.15. The molecule has 0 bridgehead atoms. The minimum Gasteiger partial charge on any atom is -0.391 e. The molecular formula is C16H19F3N2O3. The lowest BCUT2D eigenvalue weighted by atomic mass is 9.96. The summed E-state index contributed by atoms with van der Waals surface area (Å²) in [6, 6.07) is 3.77. The van der Waals surface area contributed by atoms with Crippen LogP contribution >= 0.6 is 0 Å². The average Bonchev–Trinajstić information content (AvgIpc) is 2.54. The van der Waals surface area contributed by atoms with Gasteiger partial charge in [0.2, 0.25) is 5.91 Å². The van der Waals surface area contributed by atoms with Crippen molar-refractivity contribution >= 4 is 11.8 Å². The molecule has 0 saturated carbocycles. The van der Waals surface area contributed by atoms with Crippen molar-refractivity contribution in [2.24, 2.45) is 5.92 Å². The molecule has 132 valence electrons. The molecule has 1 heterocycles. The first-order valence-electron chi connectivity index (χ1n) is 7.60. The number of piperidine rings is 1. The second-order valence-electron chi connectivity index (χ2n) is 5.93. The van der Waals surface area contributed by atoms with Gasteiger partial charge in [0, 0.05) is 18.7 Å². The predicted octanol–water partition coefficient (Wildman–Crippen LogP) is 1.66. The minimum atomic E-state index is -4.46. The second kappa shape index (κ2) is 7.21. The first-order valence-corrected chi connectivity index (χ1v) is 7.60.